The number of nitrogens with two attached hydrogens (primary N) is 1. The van der Waals surface area contributed by atoms with E-state index >= 15 is 0 Å². The summed E-state index contributed by atoms with van der Waals surface area (Å²) in [5.41, 5.74) is 5.34. The minimum absolute atomic E-state index is 0.209. The van der Waals surface area contributed by atoms with E-state index in [9.17, 15) is 4.79 Å². The van der Waals surface area contributed by atoms with Crippen LogP contribution in [0.4, 0.5) is 0 Å². The second kappa shape index (κ2) is 7.46. The van der Waals surface area contributed by atoms with Crippen molar-refractivity contribution in [3.63, 3.8) is 0 Å². The molecule has 0 aliphatic carbocycles. The van der Waals surface area contributed by atoms with Gasteiger partial charge in [0.25, 0.3) is 5.91 Å². The van der Waals surface area contributed by atoms with Crippen LogP contribution in [0.1, 0.15) is 13.3 Å². The summed E-state index contributed by atoms with van der Waals surface area (Å²) in [5.74, 6) is 0.185. The molecular formula is C12H16Cl2N2O2. The predicted molar refractivity (Wildman–Crippen MR) is 73.2 cm³/mol. The zero-order valence-corrected chi connectivity index (χ0v) is 11.6. The summed E-state index contributed by atoms with van der Waals surface area (Å²) >= 11 is 11.8. The number of carbonyl (C=O) groups excluding carboxylic acids is 1. The number of benzene rings is 1. The third-order valence-corrected chi connectivity index (χ3v) is 3.07. The lowest BCUT2D eigenvalue weighted by Gasteiger charge is -2.15. The SMILES string of the molecule is CC(Oc1cccc(Cl)c1Cl)C(=O)NCCCN. The number of nitrogens with one attached hydrogen (secondary N) is 1. The second-order valence-electron chi connectivity index (χ2n) is 3.75. The summed E-state index contributed by atoms with van der Waals surface area (Å²) in [7, 11) is 0. The van der Waals surface area contributed by atoms with Crippen molar-refractivity contribution < 1.29 is 9.53 Å². The lowest BCUT2D eigenvalue weighted by Crippen LogP contribution is -2.37. The largest absolute Gasteiger partial charge is 0.479 e. The van der Waals surface area contributed by atoms with Crippen LogP contribution >= 0.6 is 23.2 Å². The standard InChI is InChI=1S/C12H16Cl2N2O2/c1-8(12(17)16-7-3-6-15)18-10-5-2-4-9(13)11(10)14/h2,4-5,8H,3,6-7,15H2,1H3,(H,16,17). The maximum atomic E-state index is 11.7. The van der Waals surface area contributed by atoms with Gasteiger partial charge in [-0.25, -0.2) is 0 Å². The average molecular weight is 291 g/mol. The molecule has 3 N–H and O–H groups in total. The Morgan fingerprint density at radius 3 is 2.89 bits per heavy atom. The molecule has 1 amide bonds. The first-order chi connectivity index (χ1) is 8.56. The van der Waals surface area contributed by atoms with Gasteiger partial charge >= 0.3 is 0 Å². The lowest BCUT2D eigenvalue weighted by atomic mass is 10.3. The van der Waals surface area contributed by atoms with Gasteiger partial charge in [0, 0.05) is 6.54 Å². The van der Waals surface area contributed by atoms with Gasteiger partial charge in [-0.1, -0.05) is 29.3 Å². The van der Waals surface area contributed by atoms with Gasteiger partial charge in [-0.05, 0) is 32.0 Å². The third-order valence-electron chi connectivity index (χ3n) is 2.27. The number of halogens is 2. The molecule has 6 heteroatoms. The molecule has 100 valence electrons. The van der Waals surface area contributed by atoms with E-state index in [1.807, 2.05) is 0 Å². The fourth-order valence-corrected chi connectivity index (χ4v) is 1.61. The maximum absolute atomic E-state index is 11.7. The molecule has 1 aromatic carbocycles. The monoisotopic (exact) mass is 290 g/mol. The Bertz CT molecular complexity index is 413. The van der Waals surface area contributed by atoms with Crippen molar-refractivity contribution in [1.82, 2.24) is 5.32 Å². The van der Waals surface area contributed by atoms with E-state index in [1.165, 1.54) is 0 Å². The van der Waals surface area contributed by atoms with Gasteiger partial charge in [-0.15, -0.1) is 0 Å². The van der Waals surface area contributed by atoms with E-state index in [4.69, 9.17) is 33.7 Å². The highest BCUT2D eigenvalue weighted by Crippen LogP contribution is 2.31. The molecule has 0 saturated carbocycles. The highest BCUT2D eigenvalue weighted by molar-refractivity contribution is 6.42. The Morgan fingerprint density at radius 2 is 2.22 bits per heavy atom. The molecular weight excluding hydrogens is 275 g/mol. The van der Waals surface area contributed by atoms with Crippen molar-refractivity contribution in [3.8, 4) is 5.75 Å². The Kier molecular flexibility index (Phi) is 6.25. The van der Waals surface area contributed by atoms with Crippen LogP contribution in [0, 0.1) is 0 Å². The van der Waals surface area contributed by atoms with E-state index < -0.39 is 6.10 Å². The van der Waals surface area contributed by atoms with Crippen LogP contribution in [-0.2, 0) is 4.79 Å². The van der Waals surface area contributed by atoms with Crippen LogP contribution in [0.3, 0.4) is 0 Å². The van der Waals surface area contributed by atoms with Crippen LogP contribution in [-0.4, -0.2) is 25.1 Å². The zero-order chi connectivity index (χ0) is 13.5. The number of amides is 1. The van der Waals surface area contributed by atoms with Crippen LogP contribution in [0.5, 0.6) is 5.75 Å². The highest BCUT2D eigenvalue weighted by Gasteiger charge is 2.16. The van der Waals surface area contributed by atoms with Crippen molar-refractivity contribution in [1.29, 1.82) is 0 Å². The second-order valence-corrected chi connectivity index (χ2v) is 4.53. The molecule has 0 aliphatic rings. The Hall–Kier alpha value is -0.970. The topological polar surface area (TPSA) is 64.3 Å². The van der Waals surface area contributed by atoms with Gasteiger partial charge < -0.3 is 15.8 Å². The Labute approximate surface area is 116 Å². The molecule has 0 saturated heterocycles. The normalized spacial score (nSPS) is 12.0. The van der Waals surface area contributed by atoms with E-state index in [0.29, 0.717) is 28.9 Å². The van der Waals surface area contributed by atoms with E-state index in [0.717, 1.165) is 6.42 Å². The first-order valence-electron chi connectivity index (χ1n) is 5.64. The van der Waals surface area contributed by atoms with E-state index in [2.05, 4.69) is 5.32 Å². The molecule has 1 unspecified atom stereocenters. The summed E-state index contributed by atoms with van der Waals surface area (Å²) in [5, 5.41) is 3.42. The summed E-state index contributed by atoms with van der Waals surface area (Å²) in [4.78, 5) is 11.7. The molecule has 18 heavy (non-hydrogen) atoms. The molecule has 0 bridgehead atoms. The van der Waals surface area contributed by atoms with Crippen LogP contribution in [0.25, 0.3) is 0 Å². The van der Waals surface area contributed by atoms with Gasteiger partial charge in [0.2, 0.25) is 0 Å². The summed E-state index contributed by atoms with van der Waals surface area (Å²) in [6.45, 7) is 2.72. The smallest absolute Gasteiger partial charge is 0.260 e. The fraction of sp³-hybridized carbons (Fsp3) is 0.417. The first kappa shape index (κ1) is 15.1. The van der Waals surface area contributed by atoms with E-state index in [1.54, 1.807) is 25.1 Å². The van der Waals surface area contributed by atoms with Gasteiger partial charge in [0.05, 0.1) is 5.02 Å². The first-order valence-corrected chi connectivity index (χ1v) is 6.40. The zero-order valence-electron chi connectivity index (χ0n) is 10.1. The molecule has 0 spiro atoms. The molecule has 4 nitrogen and oxygen atoms in total. The molecule has 0 radical (unpaired) electrons. The molecule has 1 rings (SSSR count). The number of ether oxygens (including phenoxy) is 1. The quantitative estimate of drug-likeness (QED) is 0.790. The van der Waals surface area contributed by atoms with E-state index in [-0.39, 0.29) is 5.91 Å². The number of hydrogen-bond donors (Lipinski definition) is 2. The number of hydrogen-bond acceptors (Lipinski definition) is 3. The fourth-order valence-electron chi connectivity index (χ4n) is 1.28. The van der Waals surface area contributed by atoms with Crippen LogP contribution < -0.4 is 15.8 Å². The molecule has 0 fully saturated rings. The van der Waals surface area contributed by atoms with Crippen LogP contribution in [0.2, 0.25) is 10.0 Å². The summed E-state index contributed by atoms with van der Waals surface area (Å²) < 4.78 is 5.46. The minimum atomic E-state index is -0.640. The van der Waals surface area contributed by atoms with Gasteiger partial charge in [0.15, 0.2) is 6.10 Å². The van der Waals surface area contributed by atoms with Crippen molar-refractivity contribution >= 4 is 29.1 Å². The molecule has 1 atom stereocenters. The van der Waals surface area contributed by atoms with Crippen molar-refractivity contribution in [2.75, 3.05) is 13.1 Å². The molecule has 1 aromatic rings. The summed E-state index contributed by atoms with van der Waals surface area (Å²) in [6, 6.07) is 5.03. The summed E-state index contributed by atoms with van der Waals surface area (Å²) in [6.07, 6.45) is 0.0925. The Morgan fingerprint density at radius 1 is 1.50 bits per heavy atom. The van der Waals surface area contributed by atoms with Gasteiger partial charge in [0.1, 0.15) is 10.8 Å². The molecule has 0 heterocycles. The van der Waals surface area contributed by atoms with Gasteiger partial charge in [-0.2, -0.15) is 0 Å². The van der Waals surface area contributed by atoms with Crippen molar-refractivity contribution in [2.45, 2.75) is 19.4 Å². The maximum Gasteiger partial charge on any atom is 0.260 e. The average Bonchev–Trinajstić information content (AvgIpc) is 2.35. The van der Waals surface area contributed by atoms with Gasteiger partial charge in [-0.3, -0.25) is 4.79 Å². The highest BCUT2D eigenvalue weighted by atomic mass is 35.5. The predicted octanol–water partition coefficient (Wildman–Crippen LogP) is 2.23. The van der Waals surface area contributed by atoms with Crippen LogP contribution in [0.15, 0.2) is 18.2 Å². The molecule has 0 aliphatic heterocycles. The Balaban J connectivity index is 2.56. The lowest BCUT2D eigenvalue weighted by molar-refractivity contribution is -0.127. The van der Waals surface area contributed by atoms with Crippen molar-refractivity contribution in [3.05, 3.63) is 28.2 Å². The number of carbonyl (C=O) groups is 1. The number of rotatable bonds is 6. The molecule has 0 aromatic heterocycles. The minimum Gasteiger partial charge on any atom is -0.479 e. The van der Waals surface area contributed by atoms with Crippen molar-refractivity contribution in [2.24, 2.45) is 5.73 Å². The third kappa shape index (κ3) is 4.37.